The molecule has 7 heteroatoms. The summed E-state index contributed by atoms with van der Waals surface area (Å²) in [5.41, 5.74) is 2.68. The first-order valence-electron chi connectivity index (χ1n) is 11.7. The Balaban J connectivity index is 1.34. The quantitative estimate of drug-likeness (QED) is 0.422. The first-order chi connectivity index (χ1) is 16.1. The summed E-state index contributed by atoms with van der Waals surface area (Å²) in [7, 11) is 0. The maximum absolute atomic E-state index is 14.6. The van der Waals surface area contributed by atoms with Crippen LogP contribution in [0.1, 0.15) is 37.8 Å². The number of nitrogens with one attached hydrogen (secondary N) is 2. The molecule has 6 nitrogen and oxygen atoms in total. The maximum atomic E-state index is 14.6. The lowest BCUT2D eigenvalue weighted by Crippen LogP contribution is -2.51. The molecule has 0 saturated carbocycles. The smallest absolute Gasteiger partial charge is 0.191 e. The van der Waals surface area contributed by atoms with Crippen LogP contribution >= 0.6 is 0 Å². The molecule has 4 rings (SSSR count). The number of nitrogens with zero attached hydrogens (tertiary/aromatic N) is 4. The third-order valence-corrected chi connectivity index (χ3v) is 6.14. The molecule has 0 bridgehead atoms. The molecule has 2 unspecified atom stereocenters. The molecule has 33 heavy (non-hydrogen) atoms. The van der Waals surface area contributed by atoms with Crippen LogP contribution < -0.4 is 10.6 Å². The summed E-state index contributed by atoms with van der Waals surface area (Å²) >= 11 is 0. The highest BCUT2D eigenvalue weighted by Crippen LogP contribution is 2.20. The topological polar surface area (TPSA) is 57.5 Å². The van der Waals surface area contributed by atoms with Crippen molar-refractivity contribution < 1.29 is 4.39 Å². The average Bonchev–Trinajstić information content (AvgIpc) is 3.35. The van der Waals surface area contributed by atoms with Gasteiger partial charge in [-0.25, -0.2) is 14.4 Å². The van der Waals surface area contributed by atoms with Crippen molar-refractivity contribution in [2.45, 2.75) is 51.9 Å². The van der Waals surface area contributed by atoms with Crippen molar-refractivity contribution in [3.63, 3.8) is 0 Å². The van der Waals surface area contributed by atoms with E-state index in [2.05, 4.69) is 64.7 Å². The van der Waals surface area contributed by atoms with Crippen molar-refractivity contribution in [2.24, 2.45) is 4.99 Å². The van der Waals surface area contributed by atoms with E-state index in [9.17, 15) is 4.39 Å². The van der Waals surface area contributed by atoms with Gasteiger partial charge in [0.15, 0.2) is 5.96 Å². The fourth-order valence-electron chi connectivity index (χ4n) is 4.35. The van der Waals surface area contributed by atoms with Crippen LogP contribution in [0.5, 0.6) is 0 Å². The largest absolute Gasteiger partial charge is 0.357 e. The standard InChI is InChI=1S/C26H33FN6/c1-3-29-26(30-17-22-9-10-25(24(27)16-22)33-14-12-28-19-33)31-23-11-13-32(20(2)15-23)18-21-7-5-4-6-8-21/h4-10,12,14,16,19-20,23H,3,11,13,15,17-18H2,1-2H3,(H2,29,30,31). The molecule has 1 aliphatic rings. The van der Waals surface area contributed by atoms with Crippen LogP contribution in [0.2, 0.25) is 0 Å². The first-order valence-corrected chi connectivity index (χ1v) is 11.7. The number of aliphatic imine (C=N–C) groups is 1. The van der Waals surface area contributed by atoms with Gasteiger partial charge in [0, 0.05) is 44.1 Å². The first kappa shape index (κ1) is 23.0. The van der Waals surface area contributed by atoms with E-state index in [0.29, 0.717) is 24.3 Å². The van der Waals surface area contributed by atoms with Gasteiger partial charge in [0.2, 0.25) is 0 Å². The van der Waals surface area contributed by atoms with Gasteiger partial charge >= 0.3 is 0 Å². The number of benzene rings is 2. The summed E-state index contributed by atoms with van der Waals surface area (Å²) in [5, 5.41) is 6.93. The fraction of sp³-hybridized carbons (Fsp3) is 0.385. The average molecular weight is 449 g/mol. The fourth-order valence-corrected chi connectivity index (χ4v) is 4.35. The third-order valence-electron chi connectivity index (χ3n) is 6.14. The van der Waals surface area contributed by atoms with Gasteiger partial charge in [-0.2, -0.15) is 0 Å². The van der Waals surface area contributed by atoms with E-state index in [1.807, 2.05) is 6.07 Å². The summed E-state index contributed by atoms with van der Waals surface area (Å²) in [6.45, 7) is 7.59. The predicted molar refractivity (Wildman–Crippen MR) is 131 cm³/mol. The van der Waals surface area contributed by atoms with Crippen LogP contribution in [-0.4, -0.2) is 45.6 Å². The minimum absolute atomic E-state index is 0.279. The lowest BCUT2D eigenvalue weighted by Gasteiger charge is -2.38. The summed E-state index contributed by atoms with van der Waals surface area (Å²) in [4.78, 5) is 11.2. The minimum Gasteiger partial charge on any atom is -0.357 e. The van der Waals surface area contributed by atoms with Crippen LogP contribution in [0.25, 0.3) is 5.69 Å². The Morgan fingerprint density at radius 3 is 2.73 bits per heavy atom. The van der Waals surface area contributed by atoms with Crippen LogP contribution in [0, 0.1) is 5.82 Å². The molecular weight excluding hydrogens is 415 g/mol. The third kappa shape index (κ3) is 6.20. The van der Waals surface area contributed by atoms with Gasteiger partial charge in [0.05, 0.1) is 18.6 Å². The molecule has 0 spiro atoms. The second-order valence-corrected chi connectivity index (χ2v) is 8.62. The van der Waals surface area contributed by atoms with Gasteiger partial charge < -0.3 is 15.2 Å². The zero-order valence-corrected chi connectivity index (χ0v) is 19.4. The van der Waals surface area contributed by atoms with Crippen LogP contribution in [0.4, 0.5) is 4.39 Å². The van der Waals surface area contributed by atoms with Crippen molar-refractivity contribution in [3.05, 3.63) is 84.2 Å². The minimum atomic E-state index is -0.279. The molecule has 2 N–H and O–H groups in total. The molecule has 1 fully saturated rings. The van der Waals surface area contributed by atoms with Crippen LogP contribution in [0.3, 0.4) is 0 Å². The molecule has 2 aromatic carbocycles. The Labute approximate surface area is 195 Å². The summed E-state index contributed by atoms with van der Waals surface area (Å²) < 4.78 is 16.2. The number of hydrogen-bond acceptors (Lipinski definition) is 3. The predicted octanol–water partition coefficient (Wildman–Crippen LogP) is 4.12. The van der Waals surface area contributed by atoms with Gasteiger partial charge in [-0.05, 0) is 49.9 Å². The zero-order chi connectivity index (χ0) is 23.0. The molecular formula is C26H33FN6. The molecule has 1 saturated heterocycles. The monoisotopic (exact) mass is 448 g/mol. The second-order valence-electron chi connectivity index (χ2n) is 8.62. The number of imidazole rings is 1. The molecule has 2 heterocycles. The number of guanidine groups is 1. The molecule has 0 aliphatic carbocycles. The Morgan fingerprint density at radius 1 is 1.18 bits per heavy atom. The lowest BCUT2D eigenvalue weighted by atomic mass is 9.97. The normalized spacial score (nSPS) is 19.4. The van der Waals surface area contributed by atoms with E-state index in [-0.39, 0.29) is 5.82 Å². The Kier molecular flexibility index (Phi) is 7.73. The van der Waals surface area contributed by atoms with E-state index in [0.717, 1.165) is 44.0 Å². The van der Waals surface area contributed by atoms with Crippen molar-refractivity contribution in [1.29, 1.82) is 0 Å². The van der Waals surface area contributed by atoms with E-state index < -0.39 is 0 Å². The number of halogens is 1. The summed E-state index contributed by atoms with van der Waals surface area (Å²) in [5.74, 6) is 0.503. The molecule has 3 aromatic rings. The zero-order valence-electron chi connectivity index (χ0n) is 19.4. The van der Waals surface area contributed by atoms with Crippen molar-refractivity contribution in [2.75, 3.05) is 13.1 Å². The molecule has 0 amide bonds. The van der Waals surface area contributed by atoms with Gasteiger partial charge in [-0.3, -0.25) is 4.90 Å². The molecule has 174 valence electrons. The van der Waals surface area contributed by atoms with Crippen molar-refractivity contribution in [1.82, 2.24) is 25.1 Å². The number of aromatic nitrogens is 2. The van der Waals surface area contributed by atoms with E-state index in [4.69, 9.17) is 4.99 Å². The molecule has 0 radical (unpaired) electrons. The number of piperidine rings is 1. The Bertz CT molecular complexity index is 1030. The van der Waals surface area contributed by atoms with Crippen molar-refractivity contribution >= 4 is 5.96 Å². The highest BCUT2D eigenvalue weighted by atomic mass is 19.1. The van der Waals surface area contributed by atoms with E-state index in [1.165, 1.54) is 5.56 Å². The number of rotatable bonds is 7. The molecule has 2 atom stereocenters. The highest BCUT2D eigenvalue weighted by molar-refractivity contribution is 5.80. The van der Waals surface area contributed by atoms with Gasteiger partial charge in [0.1, 0.15) is 5.82 Å². The number of hydrogen-bond donors (Lipinski definition) is 2. The second kappa shape index (κ2) is 11.1. The summed E-state index contributed by atoms with van der Waals surface area (Å²) in [6.07, 6.45) is 7.09. The maximum Gasteiger partial charge on any atom is 0.191 e. The molecule has 1 aromatic heterocycles. The Hall–Kier alpha value is -3.19. The highest BCUT2D eigenvalue weighted by Gasteiger charge is 2.26. The van der Waals surface area contributed by atoms with E-state index >= 15 is 0 Å². The number of likely N-dealkylation sites (tertiary alicyclic amines) is 1. The lowest BCUT2D eigenvalue weighted by molar-refractivity contribution is 0.134. The van der Waals surface area contributed by atoms with Gasteiger partial charge in [-0.1, -0.05) is 36.4 Å². The van der Waals surface area contributed by atoms with Crippen LogP contribution in [0.15, 0.2) is 72.2 Å². The van der Waals surface area contributed by atoms with Gasteiger partial charge in [0.25, 0.3) is 0 Å². The van der Waals surface area contributed by atoms with Gasteiger partial charge in [-0.15, -0.1) is 0 Å². The van der Waals surface area contributed by atoms with E-state index in [1.54, 1.807) is 35.4 Å². The van der Waals surface area contributed by atoms with Crippen LogP contribution in [-0.2, 0) is 13.1 Å². The Morgan fingerprint density at radius 2 is 2.03 bits per heavy atom. The van der Waals surface area contributed by atoms with Crippen molar-refractivity contribution in [3.8, 4) is 5.69 Å². The molecule has 1 aliphatic heterocycles. The summed E-state index contributed by atoms with van der Waals surface area (Å²) in [6, 6.07) is 16.7. The SMILES string of the molecule is CCNC(=NCc1ccc(-n2ccnc2)c(F)c1)NC1CCN(Cc2ccccc2)C(C)C1.